The molecule has 3 rings (SSSR count). The molecule has 0 N–H and O–H groups in total. The number of ether oxygens (including phenoxy) is 2. The lowest BCUT2D eigenvalue weighted by Crippen LogP contribution is -2.24. The quantitative estimate of drug-likeness (QED) is 0.432. The van der Waals surface area contributed by atoms with Gasteiger partial charge < -0.3 is 9.47 Å². The summed E-state index contributed by atoms with van der Waals surface area (Å²) in [4.78, 5) is 10.7. The Kier molecular flexibility index (Phi) is 5.81. The van der Waals surface area contributed by atoms with Crippen molar-refractivity contribution in [1.82, 2.24) is 5.01 Å². The Hall–Kier alpha value is -2.92. The molecule has 0 spiro atoms. The van der Waals surface area contributed by atoms with E-state index in [-0.39, 0.29) is 12.3 Å². The van der Waals surface area contributed by atoms with Crippen LogP contribution in [0.1, 0.15) is 36.6 Å². The Labute approximate surface area is 153 Å². The van der Waals surface area contributed by atoms with Crippen LogP contribution in [-0.2, 0) is 9.53 Å². The van der Waals surface area contributed by atoms with Crippen molar-refractivity contribution in [3.8, 4) is 5.75 Å². The van der Waals surface area contributed by atoms with E-state index in [4.69, 9.17) is 9.47 Å². The zero-order valence-electron chi connectivity index (χ0n) is 14.9. The summed E-state index contributed by atoms with van der Waals surface area (Å²) in [5.41, 5.74) is 3.26. The summed E-state index contributed by atoms with van der Waals surface area (Å²) in [5, 5.41) is 6.26. The third kappa shape index (κ3) is 4.00. The second-order valence-electron chi connectivity index (χ2n) is 5.84. The molecule has 1 aliphatic heterocycles. The highest BCUT2D eigenvalue weighted by Gasteiger charge is 2.25. The molecule has 0 aromatic heterocycles. The Morgan fingerprint density at radius 1 is 1.19 bits per heavy atom. The average Bonchev–Trinajstić information content (AvgIpc) is 2.67. The van der Waals surface area contributed by atoms with Gasteiger partial charge in [-0.2, -0.15) is 5.10 Å². The first kappa shape index (κ1) is 17.9. The van der Waals surface area contributed by atoms with E-state index < -0.39 is 0 Å². The first-order chi connectivity index (χ1) is 12.7. The van der Waals surface area contributed by atoms with Gasteiger partial charge in [-0.25, -0.2) is 0 Å². The van der Waals surface area contributed by atoms with Gasteiger partial charge in [0.05, 0.1) is 6.21 Å². The average molecular weight is 350 g/mol. The fourth-order valence-corrected chi connectivity index (χ4v) is 2.98. The number of aldehydes is 1. The minimum absolute atomic E-state index is 0.106. The fourth-order valence-electron chi connectivity index (χ4n) is 2.98. The summed E-state index contributed by atoms with van der Waals surface area (Å²) in [5.74, 6) is 0.747. The van der Waals surface area contributed by atoms with Crippen molar-refractivity contribution in [3.63, 3.8) is 0 Å². The van der Waals surface area contributed by atoms with Gasteiger partial charge in [-0.1, -0.05) is 36.4 Å². The molecule has 0 amide bonds. The molecule has 1 heterocycles. The van der Waals surface area contributed by atoms with Crippen LogP contribution >= 0.6 is 0 Å². The van der Waals surface area contributed by atoms with Gasteiger partial charge in [0.15, 0.2) is 6.29 Å². The van der Waals surface area contributed by atoms with E-state index in [2.05, 4.69) is 11.2 Å². The number of hydrogen-bond donors (Lipinski definition) is 0. The number of carbonyl (C=O) groups excluding carboxylic acids is 1. The molecule has 1 aliphatic rings. The summed E-state index contributed by atoms with van der Waals surface area (Å²) < 4.78 is 11.1. The summed E-state index contributed by atoms with van der Waals surface area (Å²) in [6, 6.07) is 15.9. The molecule has 0 aliphatic carbocycles. The van der Waals surface area contributed by atoms with Gasteiger partial charge in [-0.3, -0.25) is 9.80 Å². The molecule has 5 nitrogen and oxygen atoms in total. The van der Waals surface area contributed by atoms with Crippen LogP contribution in [0.3, 0.4) is 0 Å². The Bertz CT molecular complexity index is 799. The topological polar surface area (TPSA) is 51.1 Å². The first-order valence-corrected chi connectivity index (χ1v) is 8.64. The van der Waals surface area contributed by atoms with Crippen LogP contribution in [0.25, 0.3) is 0 Å². The molecule has 134 valence electrons. The molecule has 2 atom stereocenters. The van der Waals surface area contributed by atoms with Crippen molar-refractivity contribution in [2.24, 2.45) is 5.10 Å². The minimum atomic E-state index is -0.294. The lowest BCUT2D eigenvalue weighted by Gasteiger charge is -2.31. The standard InChI is InChI=1S/C21H22N2O3/c1-3-25-16(2)26-19-11-9-17(10-12-19)21-20-8-5-4-7-18(20)15-22-23(21)13-6-14-24/h4-16,21H,3H2,1-2H3. The van der Waals surface area contributed by atoms with Crippen LogP contribution in [-0.4, -0.2) is 30.4 Å². The lowest BCUT2D eigenvalue weighted by molar-refractivity contribution is -0.104. The Morgan fingerprint density at radius 3 is 2.69 bits per heavy atom. The van der Waals surface area contributed by atoms with Gasteiger partial charge in [-0.15, -0.1) is 0 Å². The number of nitrogens with zero attached hydrogens (tertiary/aromatic N) is 2. The highest BCUT2D eigenvalue weighted by molar-refractivity contribution is 5.83. The van der Waals surface area contributed by atoms with E-state index >= 15 is 0 Å². The molecule has 0 saturated carbocycles. The molecule has 0 saturated heterocycles. The molecule has 0 fully saturated rings. The largest absolute Gasteiger partial charge is 0.465 e. The van der Waals surface area contributed by atoms with Gasteiger partial charge in [0.25, 0.3) is 0 Å². The van der Waals surface area contributed by atoms with Crippen molar-refractivity contribution < 1.29 is 14.3 Å². The maximum Gasteiger partial charge on any atom is 0.196 e. The van der Waals surface area contributed by atoms with Crippen LogP contribution in [0.4, 0.5) is 0 Å². The normalized spacial score (nSPS) is 17.2. The number of allylic oxidation sites excluding steroid dienone is 1. The molecule has 26 heavy (non-hydrogen) atoms. The maximum atomic E-state index is 10.7. The second-order valence-corrected chi connectivity index (χ2v) is 5.84. The molecule has 2 aromatic carbocycles. The lowest BCUT2D eigenvalue weighted by atomic mass is 9.93. The van der Waals surface area contributed by atoms with Crippen molar-refractivity contribution in [2.45, 2.75) is 26.2 Å². The number of rotatable bonds is 7. The molecule has 5 heteroatoms. The molecule has 2 unspecified atom stereocenters. The van der Waals surface area contributed by atoms with Crippen LogP contribution in [0.15, 0.2) is 65.9 Å². The first-order valence-electron chi connectivity index (χ1n) is 8.64. The number of benzene rings is 2. The summed E-state index contributed by atoms with van der Waals surface area (Å²) in [6.07, 6.45) is 5.39. The van der Waals surface area contributed by atoms with Crippen molar-refractivity contribution in [1.29, 1.82) is 0 Å². The van der Waals surface area contributed by atoms with Crippen molar-refractivity contribution in [3.05, 3.63) is 77.5 Å². The van der Waals surface area contributed by atoms with Crippen molar-refractivity contribution >= 4 is 12.5 Å². The van der Waals surface area contributed by atoms with Crippen LogP contribution in [0, 0.1) is 0 Å². The predicted octanol–water partition coefficient (Wildman–Crippen LogP) is 3.90. The van der Waals surface area contributed by atoms with Crippen molar-refractivity contribution in [2.75, 3.05) is 6.61 Å². The van der Waals surface area contributed by atoms with Gasteiger partial charge in [0.2, 0.25) is 0 Å². The third-order valence-corrected chi connectivity index (χ3v) is 4.10. The number of fused-ring (bicyclic) bond motifs is 1. The fraction of sp³-hybridized carbons (Fsp3) is 0.238. The highest BCUT2D eigenvalue weighted by atomic mass is 16.7. The van der Waals surface area contributed by atoms with Gasteiger partial charge in [0, 0.05) is 18.4 Å². The number of carbonyl (C=O) groups is 1. The summed E-state index contributed by atoms with van der Waals surface area (Å²) in [7, 11) is 0. The number of hydrogen-bond acceptors (Lipinski definition) is 5. The maximum absolute atomic E-state index is 10.7. The zero-order chi connectivity index (χ0) is 18.4. The summed E-state index contributed by atoms with van der Waals surface area (Å²) in [6.45, 7) is 4.41. The molecular weight excluding hydrogens is 328 g/mol. The number of hydrazone groups is 1. The molecule has 0 bridgehead atoms. The van der Waals surface area contributed by atoms with Crippen LogP contribution < -0.4 is 4.74 Å². The monoisotopic (exact) mass is 350 g/mol. The Balaban J connectivity index is 1.90. The van der Waals surface area contributed by atoms with E-state index in [1.54, 1.807) is 11.2 Å². The van der Waals surface area contributed by atoms with Gasteiger partial charge in [0.1, 0.15) is 18.1 Å². The van der Waals surface area contributed by atoms with E-state index in [1.165, 1.54) is 6.08 Å². The van der Waals surface area contributed by atoms with E-state index in [0.29, 0.717) is 6.61 Å². The SMILES string of the molecule is CCOC(C)Oc1ccc(C2c3ccccc3C=NN2C=CC=O)cc1. The minimum Gasteiger partial charge on any atom is -0.465 e. The smallest absolute Gasteiger partial charge is 0.196 e. The van der Waals surface area contributed by atoms with Crippen LogP contribution in [0.5, 0.6) is 5.75 Å². The molecular formula is C21H22N2O3. The van der Waals surface area contributed by atoms with Gasteiger partial charge in [-0.05, 0) is 43.2 Å². The third-order valence-electron chi connectivity index (χ3n) is 4.10. The molecule has 2 aromatic rings. The molecule has 0 radical (unpaired) electrons. The Morgan fingerprint density at radius 2 is 1.96 bits per heavy atom. The van der Waals surface area contributed by atoms with E-state index in [0.717, 1.165) is 28.7 Å². The van der Waals surface area contributed by atoms with Gasteiger partial charge >= 0.3 is 0 Å². The zero-order valence-corrected chi connectivity index (χ0v) is 14.9. The predicted molar refractivity (Wildman–Crippen MR) is 101 cm³/mol. The van der Waals surface area contributed by atoms with E-state index in [1.807, 2.05) is 62.5 Å². The van der Waals surface area contributed by atoms with Crippen LogP contribution in [0.2, 0.25) is 0 Å². The van der Waals surface area contributed by atoms with E-state index in [9.17, 15) is 4.79 Å². The summed E-state index contributed by atoms with van der Waals surface area (Å²) >= 11 is 0. The highest BCUT2D eigenvalue weighted by Crippen LogP contribution is 2.34. The second kappa shape index (κ2) is 8.45.